The number of carbonyl (C=O) groups is 3. The number of likely N-dealkylation sites (N-methyl/N-ethyl adjacent to an activating group) is 1. The van der Waals surface area contributed by atoms with Gasteiger partial charge in [0.15, 0.2) is 0 Å². The van der Waals surface area contributed by atoms with Crippen LogP contribution in [0.5, 0.6) is 0 Å². The number of fused-ring (bicyclic) bond motifs is 2. The molecular formula is C22H25FN4O3. The summed E-state index contributed by atoms with van der Waals surface area (Å²) in [4.78, 5) is 41.2. The van der Waals surface area contributed by atoms with Crippen molar-refractivity contribution >= 4 is 17.8 Å². The van der Waals surface area contributed by atoms with Crippen molar-refractivity contribution in [2.45, 2.75) is 37.8 Å². The number of amides is 4. The molecule has 2 fully saturated rings. The maximum absolute atomic E-state index is 13.3. The highest BCUT2D eigenvalue weighted by atomic mass is 19.1. The molecular weight excluding hydrogens is 387 g/mol. The predicted octanol–water partition coefficient (Wildman–Crippen LogP) is 1.92. The van der Waals surface area contributed by atoms with Crippen LogP contribution in [0, 0.1) is 17.7 Å². The van der Waals surface area contributed by atoms with Gasteiger partial charge in [0.2, 0.25) is 5.91 Å². The number of rotatable bonds is 4. The maximum Gasteiger partial charge on any atom is 0.322 e. The standard InChI is InChI=1S/C22H25FN4O3/c1-26-17-10-27(11-18(28)24-16-9-12-2-3-14(16)8-12)21(29)19(17)20(25-22(26)30)13-4-6-15(23)7-5-13/h4-7,12,14,16,20H,2-3,8-11H2,1H3,(H,24,28)(H,25,30). The summed E-state index contributed by atoms with van der Waals surface area (Å²) in [6.07, 6.45) is 4.66. The molecule has 2 N–H and O–H groups in total. The molecule has 8 heteroatoms. The van der Waals surface area contributed by atoms with Crippen LogP contribution in [0.1, 0.15) is 37.3 Å². The molecule has 7 nitrogen and oxygen atoms in total. The van der Waals surface area contributed by atoms with E-state index in [4.69, 9.17) is 0 Å². The summed E-state index contributed by atoms with van der Waals surface area (Å²) in [7, 11) is 1.61. The third-order valence-corrected chi connectivity index (χ3v) is 7.06. The summed E-state index contributed by atoms with van der Waals surface area (Å²) >= 11 is 0. The van der Waals surface area contributed by atoms with Crippen molar-refractivity contribution in [3.05, 3.63) is 46.9 Å². The fraction of sp³-hybridized carbons (Fsp3) is 0.500. The molecule has 5 rings (SSSR count). The van der Waals surface area contributed by atoms with Gasteiger partial charge in [0.05, 0.1) is 23.9 Å². The second kappa shape index (κ2) is 7.11. The second-order valence-electron chi connectivity index (χ2n) is 8.86. The Morgan fingerprint density at radius 1 is 1.20 bits per heavy atom. The van der Waals surface area contributed by atoms with E-state index in [9.17, 15) is 18.8 Å². The van der Waals surface area contributed by atoms with Crippen molar-refractivity contribution in [1.82, 2.24) is 20.4 Å². The van der Waals surface area contributed by atoms with E-state index in [1.54, 1.807) is 19.2 Å². The van der Waals surface area contributed by atoms with Crippen LogP contribution in [0.25, 0.3) is 0 Å². The first-order chi connectivity index (χ1) is 14.4. The fourth-order valence-electron chi connectivity index (χ4n) is 5.50. The van der Waals surface area contributed by atoms with E-state index in [-0.39, 0.29) is 42.8 Å². The van der Waals surface area contributed by atoms with E-state index in [0.29, 0.717) is 22.8 Å². The first-order valence-electron chi connectivity index (χ1n) is 10.5. The van der Waals surface area contributed by atoms with Gasteiger partial charge in [-0.15, -0.1) is 0 Å². The molecule has 2 aliphatic heterocycles. The lowest BCUT2D eigenvalue weighted by molar-refractivity contribution is -0.132. The van der Waals surface area contributed by atoms with E-state index < -0.39 is 6.04 Å². The van der Waals surface area contributed by atoms with Gasteiger partial charge in [-0.2, -0.15) is 0 Å². The van der Waals surface area contributed by atoms with Crippen molar-refractivity contribution in [2.75, 3.05) is 20.1 Å². The van der Waals surface area contributed by atoms with Crippen molar-refractivity contribution in [3.63, 3.8) is 0 Å². The van der Waals surface area contributed by atoms with Gasteiger partial charge in [0.1, 0.15) is 12.4 Å². The molecule has 1 aromatic rings. The van der Waals surface area contributed by atoms with Crippen molar-refractivity contribution < 1.29 is 18.8 Å². The molecule has 4 unspecified atom stereocenters. The first kappa shape index (κ1) is 19.1. The first-order valence-corrected chi connectivity index (χ1v) is 10.5. The summed E-state index contributed by atoms with van der Waals surface area (Å²) in [5.74, 6) is 0.486. The highest BCUT2D eigenvalue weighted by Crippen LogP contribution is 2.44. The van der Waals surface area contributed by atoms with Crippen LogP contribution >= 0.6 is 0 Å². The predicted molar refractivity (Wildman–Crippen MR) is 106 cm³/mol. The summed E-state index contributed by atoms with van der Waals surface area (Å²) in [5, 5.41) is 5.93. The van der Waals surface area contributed by atoms with Crippen LogP contribution in [0.15, 0.2) is 35.5 Å². The third kappa shape index (κ3) is 3.14. The van der Waals surface area contributed by atoms with E-state index in [2.05, 4.69) is 10.6 Å². The molecule has 0 saturated heterocycles. The zero-order chi connectivity index (χ0) is 21.0. The van der Waals surface area contributed by atoms with Gasteiger partial charge in [0, 0.05) is 13.1 Å². The smallest absolute Gasteiger partial charge is 0.322 e. The lowest BCUT2D eigenvalue weighted by atomic mass is 9.95. The van der Waals surface area contributed by atoms with Gasteiger partial charge in [-0.05, 0) is 48.8 Å². The van der Waals surface area contributed by atoms with Gasteiger partial charge in [-0.1, -0.05) is 18.6 Å². The molecule has 30 heavy (non-hydrogen) atoms. The molecule has 2 aliphatic carbocycles. The monoisotopic (exact) mass is 412 g/mol. The van der Waals surface area contributed by atoms with Gasteiger partial charge in [-0.3, -0.25) is 14.5 Å². The van der Waals surface area contributed by atoms with Crippen LogP contribution in [-0.2, 0) is 9.59 Å². The number of hydrogen-bond acceptors (Lipinski definition) is 3. The quantitative estimate of drug-likeness (QED) is 0.793. The Morgan fingerprint density at radius 3 is 2.63 bits per heavy atom. The highest BCUT2D eigenvalue weighted by Gasteiger charge is 2.44. The normalized spacial score (nSPS) is 30.1. The van der Waals surface area contributed by atoms with Crippen LogP contribution < -0.4 is 10.6 Å². The molecule has 4 amide bonds. The van der Waals surface area contributed by atoms with Gasteiger partial charge >= 0.3 is 6.03 Å². The topological polar surface area (TPSA) is 81.8 Å². The molecule has 0 spiro atoms. The third-order valence-electron chi connectivity index (χ3n) is 7.06. The van der Waals surface area contributed by atoms with Crippen LogP contribution in [-0.4, -0.2) is 53.8 Å². The summed E-state index contributed by atoms with van der Waals surface area (Å²) < 4.78 is 13.3. The number of nitrogens with one attached hydrogen (secondary N) is 2. The van der Waals surface area contributed by atoms with Gasteiger partial charge in [-0.25, -0.2) is 9.18 Å². The lowest BCUT2D eigenvalue weighted by Gasteiger charge is -2.31. The number of hydrogen-bond donors (Lipinski definition) is 2. The molecule has 4 atom stereocenters. The number of urea groups is 1. The molecule has 2 saturated carbocycles. The summed E-state index contributed by atoms with van der Waals surface area (Å²) in [5.41, 5.74) is 1.66. The second-order valence-corrected chi connectivity index (χ2v) is 8.86. The molecule has 2 bridgehead atoms. The average molecular weight is 412 g/mol. The molecule has 2 heterocycles. The molecule has 4 aliphatic rings. The maximum atomic E-state index is 13.3. The number of benzene rings is 1. The summed E-state index contributed by atoms with van der Waals surface area (Å²) in [6, 6.07) is 4.97. The molecule has 1 aromatic carbocycles. The Hall–Kier alpha value is -2.90. The minimum atomic E-state index is -0.657. The average Bonchev–Trinajstić information content (AvgIpc) is 3.41. The van der Waals surface area contributed by atoms with Gasteiger partial charge < -0.3 is 15.5 Å². The Morgan fingerprint density at radius 2 is 1.97 bits per heavy atom. The van der Waals surface area contributed by atoms with Crippen LogP contribution in [0.2, 0.25) is 0 Å². The number of carbonyl (C=O) groups excluding carboxylic acids is 3. The molecule has 158 valence electrons. The van der Waals surface area contributed by atoms with Crippen LogP contribution in [0.3, 0.4) is 0 Å². The number of halogens is 1. The Labute approximate surface area is 174 Å². The summed E-state index contributed by atoms with van der Waals surface area (Å²) in [6.45, 7) is 0.178. The zero-order valence-corrected chi connectivity index (χ0v) is 16.9. The van der Waals surface area contributed by atoms with Crippen molar-refractivity contribution in [3.8, 4) is 0 Å². The van der Waals surface area contributed by atoms with E-state index in [1.807, 2.05) is 0 Å². The lowest BCUT2D eigenvalue weighted by Crippen LogP contribution is -2.45. The minimum Gasteiger partial charge on any atom is -0.352 e. The van der Waals surface area contributed by atoms with Crippen LogP contribution in [0.4, 0.5) is 9.18 Å². The zero-order valence-electron chi connectivity index (χ0n) is 16.9. The van der Waals surface area contributed by atoms with Crippen molar-refractivity contribution in [1.29, 1.82) is 0 Å². The largest absolute Gasteiger partial charge is 0.352 e. The fourth-order valence-corrected chi connectivity index (χ4v) is 5.50. The Bertz CT molecular complexity index is 944. The highest BCUT2D eigenvalue weighted by molar-refractivity contribution is 6.02. The van der Waals surface area contributed by atoms with Gasteiger partial charge in [0.25, 0.3) is 5.91 Å². The Kier molecular flexibility index (Phi) is 4.52. The Balaban J connectivity index is 1.32. The SMILES string of the molecule is CN1C(=O)NC(c2ccc(F)cc2)C2=C1CN(CC(=O)NC1CC3CCC1C3)C2=O. The molecule has 0 radical (unpaired) electrons. The molecule has 0 aromatic heterocycles. The number of nitrogens with zero attached hydrogens (tertiary/aromatic N) is 2. The van der Waals surface area contributed by atoms with E-state index in [1.165, 1.54) is 41.2 Å². The van der Waals surface area contributed by atoms with E-state index >= 15 is 0 Å². The van der Waals surface area contributed by atoms with Crippen molar-refractivity contribution in [2.24, 2.45) is 11.8 Å². The van der Waals surface area contributed by atoms with E-state index in [0.717, 1.165) is 12.3 Å². The minimum absolute atomic E-state index is 0.0299.